The lowest BCUT2D eigenvalue weighted by atomic mass is 10.1. The first kappa shape index (κ1) is 23.4. The average Bonchev–Trinajstić information content (AvgIpc) is 3.25. The van der Waals surface area contributed by atoms with Crippen LogP contribution in [0.1, 0.15) is 30.0 Å². The summed E-state index contributed by atoms with van der Waals surface area (Å²) in [6.07, 6.45) is 0.0656. The molecule has 9 heteroatoms. The molecule has 1 aliphatic heterocycles. The molecule has 3 rings (SSSR count). The van der Waals surface area contributed by atoms with Crippen molar-refractivity contribution in [1.82, 2.24) is 10.2 Å². The van der Waals surface area contributed by atoms with E-state index in [1.54, 1.807) is 23.1 Å². The predicted octanol–water partition coefficient (Wildman–Crippen LogP) is 3.95. The molecule has 0 saturated carbocycles. The van der Waals surface area contributed by atoms with Crippen molar-refractivity contribution in [3.05, 3.63) is 58.1 Å². The molecule has 0 radical (unpaired) electrons. The molecule has 0 aliphatic carbocycles. The summed E-state index contributed by atoms with van der Waals surface area (Å²) >= 11 is 3.40. The molecule has 1 heterocycles. The van der Waals surface area contributed by atoms with Gasteiger partial charge in [-0.25, -0.2) is 4.79 Å². The number of carbonyl (C=O) groups is 2. The van der Waals surface area contributed by atoms with E-state index in [2.05, 4.69) is 21.2 Å². The molecule has 1 unspecified atom stereocenters. The Hall–Kier alpha value is -3.25. The molecular weight excluding hydrogens is 478 g/mol. The summed E-state index contributed by atoms with van der Waals surface area (Å²) in [4.78, 5) is 26.8. The number of nitriles is 1. The third kappa shape index (κ3) is 5.71. The summed E-state index contributed by atoms with van der Waals surface area (Å²) in [6, 6.07) is 13.6. The zero-order chi connectivity index (χ0) is 23.1. The van der Waals surface area contributed by atoms with Crippen LogP contribution in [-0.2, 0) is 16.0 Å². The van der Waals surface area contributed by atoms with Crippen LogP contribution in [0, 0.1) is 11.3 Å². The molecule has 1 aliphatic rings. The van der Waals surface area contributed by atoms with Gasteiger partial charge in [0.2, 0.25) is 5.91 Å². The second-order valence-corrected chi connectivity index (χ2v) is 8.13. The van der Waals surface area contributed by atoms with Gasteiger partial charge in [-0.15, -0.1) is 0 Å². The smallest absolute Gasteiger partial charge is 0.410 e. The third-order valence-electron chi connectivity index (χ3n) is 5.14. The van der Waals surface area contributed by atoms with Crippen LogP contribution in [0.15, 0.2) is 46.9 Å². The van der Waals surface area contributed by atoms with Gasteiger partial charge in [0.05, 0.1) is 26.7 Å². The zero-order valence-corrected chi connectivity index (χ0v) is 19.4. The minimum atomic E-state index is -0.950. The van der Waals surface area contributed by atoms with E-state index in [0.717, 1.165) is 16.5 Å². The standard InChI is InChI=1S/C23H24BrN3O5/c1-30-19-9-8-16(13-20(19)31-2)18(14-25)26-23(29)32-22-7-4-10-27(22)21(28)12-15-5-3-6-17(24)11-15/h3,5-6,8-9,11,13,18,22H,4,7,10,12H2,1-2H3,(H,26,29)/t18?,22-/m0/s1. The van der Waals surface area contributed by atoms with E-state index in [9.17, 15) is 14.9 Å². The summed E-state index contributed by atoms with van der Waals surface area (Å²) < 4.78 is 16.9. The molecule has 1 saturated heterocycles. The molecule has 1 N–H and O–H groups in total. The number of nitrogens with zero attached hydrogens (tertiary/aromatic N) is 2. The van der Waals surface area contributed by atoms with Crippen molar-refractivity contribution < 1.29 is 23.8 Å². The summed E-state index contributed by atoms with van der Waals surface area (Å²) in [5, 5.41) is 12.1. The Kier molecular flexibility index (Phi) is 7.95. The number of amides is 2. The van der Waals surface area contributed by atoms with Crippen LogP contribution in [0.3, 0.4) is 0 Å². The first-order valence-corrected chi connectivity index (χ1v) is 10.9. The van der Waals surface area contributed by atoms with Gasteiger partial charge in [0.1, 0.15) is 6.04 Å². The number of carbonyl (C=O) groups excluding carboxylic acids is 2. The van der Waals surface area contributed by atoms with Gasteiger partial charge in [0.15, 0.2) is 17.7 Å². The number of benzene rings is 2. The van der Waals surface area contributed by atoms with Crippen LogP contribution in [0.25, 0.3) is 0 Å². The lowest BCUT2D eigenvalue weighted by Crippen LogP contribution is -2.41. The number of nitrogens with one attached hydrogen (secondary N) is 1. The number of likely N-dealkylation sites (tertiary alicyclic amines) is 1. The van der Waals surface area contributed by atoms with Crippen molar-refractivity contribution in [2.75, 3.05) is 20.8 Å². The van der Waals surface area contributed by atoms with Crippen LogP contribution in [0.5, 0.6) is 11.5 Å². The molecule has 2 aromatic rings. The maximum atomic E-state index is 12.8. The van der Waals surface area contributed by atoms with Crippen LogP contribution < -0.4 is 14.8 Å². The minimum Gasteiger partial charge on any atom is -0.493 e. The van der Waals surface area contributed by atoms with E-state index in [-0.39, 0.29) is 12.3 Å². The van der Waals surface area contributed by atoms with E-state index >= 15 is 0 Å². The highest BCUT2D eigenvalue weighted by atomic mass is 79.9. The monoisotopic (exact) mass is 501 g/mol. The van der Waals surface area contributed by atoms with Crippen molar-refractivity contribution in [2.45, 2.75) is 31.5 Å². The SMILES string of the molecule is COc1ccc(C(C#N)NC(=O)O[C@H]2CCCN2C(=O)Cc2cccc(Br)c2)cc1OC. The van der Waals surface area contributed by atoms with Gasteiger partial charge in [-0.2, -0.15) is 5.26 Å². The number of halogens is 1. The zero-order valence-electron chi connectivity index (χ0n) is 17.8. The average molecular weight is 502 g/mol. The Labute approximate surface area is 195 Å². The van der Waals surface area contributed by atoms with Gasteiger partial charge in [0, 0.05) is 17.4 Å². The van der Waals surface area contributed by atoms with Gasteiger partial charge in [-0.3, -0.25) is 4.79 Å². The molecule has 0 bridgehead atoms. The molecule has 1 fully saturated rings. The molecule has 2 aromatic carbocycles. The lowest BCUT2D eigenvalue weighted by molar-refractivity contribution is -0.137. The maximum Gasteiger partial charge on any atom is 0.410 e. The van der Waals surface area contributed by atoms with Crippen molar-refractivity contribution in [3.63, 3.8) is 0 Å². The highest BCUT2D eigenvalue weighted by Crippen LogP contribution is 2.30. The maximum absolute atomic E-state index is 12.8. The van der Waals surface area contributed by atoms with Crippen molar-refractivity contribution in [1.29, 1.82) is 5.26 Å². The van der Waals surface area contributed by atoms with E-state index in [1.807, 2.05) is 30.3 Å². The van der Waals surface area contributed by atoms with E-state index in [4.69, 9.17) is 14.2 Å². The fourth-order valence-electron chi connectivity index (χ4n) is 3.56. The molecular formula is C23H24BrN3O5. The summed E-state index contributed by atoms with van der Waals surface area (Å²) in [5.41, 5.74) is 1.40. The minimum absolute atomic E-state index is 0.116. The van der Waals surface area contributed by atoms with Crippen LogP contribution >= 0.6 is 15.9 Å². The van der Waals surface area contributed by atoms with Crippen LogP contribution in [-0.4, -0.2) is 43.9 Å². The van der Waals surface area contributed by atoms with E-state index in [1.165, 1.54) is 14.2 Å². The number of ether oxygens (including phenoxy) is 3. The fourth-order valence-corrected chi connectivity index (χ4v) is 4.01. The largest absolute Gasteiger partial charge is 0.493 e. The normalized spacial score (nSPS) is 16.1. The highest BCUT2D eigenvalue weighted by Gasteiger charge is 2.32. The van der Waals surface area contributed by atoms with E-state index in [0.29, 0.717) is 30.0 Å². The molecule has 2 amide bonds. The summed E-state index contributed by atoms with van der Waals surface area (Å²) in [7, 11) is 3.00. The van der Waals surface area contributed by atoms with Gasteiger partial charge in [-0.1, -0.05) is 34.1 Å². The molecule has 168 valence electrons. The second-order valence-electron chi connectivity index (χ2n) is 7.22. The first-order valence-electron chi connectivity index (χ1n) is 10.1. The fraction of sp³-hybridized carbons (Fsp3) is 0.348. The number of hydrogen-bond acceptors (Lipinski definition) is 6. The highest BCUT2D eigenvalue weighted by molar-refractivity contribution is 9.10. The number of rotatable bonds is 7. The Bertz CT molecular complexity index is 1020. The molecule has 32 heavy (non-hydrogen) atoms. The van der Waals surface area contributed by atoms with Crippen molar-refractivity contribution >= 4 is 27.9 Å². The van der Waals surface area contributed by atoms with E-state index < -0.39 is 18.4 Å². The van der Waals surface area contributed by atoms with Crippen LogP contribution in [0.2, 0.25) is 0 Å². The molecule has 8 nitrogen and oxygen atoms in total. The number of hydrogen-bond donors (Lipinski definition) is 1. The predicted molar refractivity (Wildman–Crippen MR) is 120 cm³/mol. The topological polar surface area (TPSA) is 101 Å². The summed E-state index contributed by atoms with van der Waals surface area (Å²) in [5.74, 6) is 0.844. The van der Waals surface area contributed by atoms with Gasteiger partial charge in [0.25, 0.3) is 0 Å². The van der Waals surface area contributed by atoms with Crippen LogP contribution in [0.4, 0.5) is 4.79 Å². The quantitative estimate of drug-likeness (QED) is 0.616. The Morgan fingerprint density at radius 1 is 1.22 bits per heavy atom. The Morgan fingerprint density at radius 2 is 2.00 bits per heavy atom. The Morgan fingerprint density at radius 3 is 2.69 bits per heavy atom. The number of alkyl carbamates (subject to hydrolysis) is 1. The second kappa shape index (κ2) is 10.9. The van der Waals surface area contributed by atoms with Gasteiger partial charge >= 0.3 is 6.09 Å². The lowest BCUT2D eigenvalue weighted by Gasteiger charge is -2.25. The molecule has 0 aromatic heterocycles. The third-order valence-corrected chi connectivity index (χ3v) is 5.63. The van der Waals surface area contributed by atoms with Crippen molar-refractivity contribution in [2.24, 2.45) is 0 Å². The summed E-state index contributed by atoms with van der Waals surface area (Å²) in [6.45, 7) is 0.516. The first-order chi connectivity index (χ1) is 15.4. The van der Waals surface area contributed by atoms with Gasteiger partial charge < -0.3 is 24.4 Å². The Balaban J connectivity index is 1.62. The van der Waals surface area contributed by atoms with Gasteiger partial charge in [-0.05, 0) is 41.8 Å². The molecule has 0 spiro atoms. The molecule has 2 atom stereocenters. The van der Waals surface area contributed by atoms with Crippen molar-refractivity contribution in [3.8, 4) is 17.6 Å². The number of methoxy groups -OCH3 is 2.